The van der Waals surface area contributed by atoms with Gasteiger partial charge in [-0.15, -0.1) is 0 Å². The summed E-state index contributed by atoms with van der Waals surface area (Å²) >= 11 is 0. The van der Waals surface area contributed by atoms with Gasteiger partial charge in [0.05, 0.1) is 0 Å². The second kappa shape index (κ2) is 7.48. The molecule has 0 spiro atoms. The van der Waals surface area contributed by atoms with Crippen molar-refractivity contribution in [3.05, 3.63) is 35.9 Å². The van der Waals surface area contributed by atoms with Gasteiger partial charge < -0.3 is 15.0 Å². The molecule has 0 radical (unpaired) electrons. The van der Waals surface area contributed by atoms with E-state index in [-0.39, 0.29) is 0 Å². The molecule has 0 saturated carbocycles. The maximum Gasteiger partial charge on any atom is 0.351 e. The average Bonchev–Trinajstić information content (AvgIpc) is 2.20. The number of rotatable bonds is 2. The van der Waals surface area contributed by atoms with Crippen LogP contribution in [-0.2, 0) is 16.1 Å². The van der Waals surface area contributed by atoms with Crippen LogP contribution in [0, 0.1) is 0 Å². The van der Waals surface area contributed by atoms with Gasteiger partial charge in [-0.25, -0.2) is 4.79 Å². The van der Waals surface area contributed by atoms with Crippen molar-refractivity contribution in [1.29, 1.82) is 0 Å². The minimum Gasteiger partial charge on any atom is -0.539 e. The zero-order chi connectivity index (χ0) is 11.7. The van der Waals surface area contributed by atoms with Crippen molar-refractivity contribution in [2.75, 3.05) is 0 Å². The molecule has 15 heavy (non-hydrogen) atoms. The summed E-state index contributed by atoms with van der Waals surface area (Å²) in [6.07, 6.45) is 0. The van der Waals surface area contributed by atoms with E-state index in [1.807, 2.05) is 18.2 Å². The van der Waals surface area contributed by atoms with Gasteiger partial charge in [0.1, 0.15) is 6.54 Å². The van der Waals surface area contributed by atoms with E-state index in [2.05, 4.69) is 12.1 Å². The number of aliphatic carboxylic acids is 2. The number of carbonyl (C=O) groups is 2. The second-order valence-electron chi connectivity index (χ2n) is 2.52. The third kappa shape index (κ3) is 7.17. The van der Waals surface area contributed by atoms with E-state index < -0.39 is 11.9 Å². The molecule has 1 rings (SSSR count). The molecule has 0 aliphatic heterocycles. The fourth-order valence-electron chi connectivity index (χ4n) is 0.750. The fraction of sp³-hybridized carbons (Fsp3) is 0.111. The zero-order valence-corrected chi connectivity index (χ0v) is 7.92. The number of quaternary nitrogens is 1. The summed E-state index contributed by atoms with van der Waals surface area (Å²) in [4.78, 5) is 18.0. The Morgan fingerprint density at radius 2 is 1.80 bits per heavy atom. The summed E-state index contributed by atoms with van der Waals surface area (Å²) in [5.74, 6) is 1.23. The van der Waals surface area contributed by atoms with E-state index in [0.717, 1.165) is 6.54 Å². The summed E-state index contributed by atoms with van der Waals surface area (Å²) in [6.45, 7) is 0.862. The monoisotopic (exact) mass is 212 g/mol. The Labute approximate surface area is 86.3 Å². The molecule has 0 saturated heterocycles. The first-order valence-corrected chi connectivity index (χ1v) is 4.09. The number of carboxylic acid groups (broad SMARTS) is 2. The Kier molecular flexibility index (Phi) is 6.52. The van der Waals surface area contributed by atoms with Crippen LogP contribution >= 0.6 is 0 Å². The molecule has 0 fully saturated rings. The van der Waals surface area contributed by atoms with Gasteiger partial charge in [-0.1, -0.05) is 30.3 Å². The smallest absolute Gasteiger partial charge is 0.351 e. The first-order valence-electron chi connectivity index (χ1n) is 4.09. The molecule has 0 unspecified atom stereocenters. The molecule has 0 aliphatic carbocycles. The molecular formula is C9H12N2O4. The van der Waals surface area contributed by atoms with Gasteiger partial charge in [0.15, 0.2) is 5.97 Å². The van der Waals surface area contributed by atoms with Crippen molar-refractivity contribution in [2.24, 2.45) is 5.84 Å². The van der Waals surface area contributed by atoms with Gasteiger partial charge in [0, 0.05) is 5.56 Å². The maximum atomic E-state index is 9.04. The lowest BCUT2D eigenvalue weighted by atomic mass is 10.2. The predicted molar refractivity (Wildman–Crippen MR) is 48.9 cm³/mol. The summed E-state index contributed by atoms with van der Waals surface area (Å²) in [7, 11) is 0. The van der Waals surface area contributed by atoms with E-state index in [1.165, 1.54) is 5.56 Å². The van der Waals surface area contributed by atoms with Crippen molar-refractivity contribution in [2.45, 2.75) is 6.54 Å². The van der Waals surface area contributed by atoms with E-state index >= 15 is 0 Å². The maximum absolute atomic E-state index is 9.04. The summed E-state index contributed by atoms with van der Waals surface area (Å²) < 4.78 is 0. The third-order valence-corrected chi connectivity index (χ3v) is 1.37. The van der Waals surface area contributed by atoms with Crippen molar-refractivity contribution in [3.8, 4) is 0 Å². The number of carbonyl (C=O) groups excluding carboxylic acids is 1. The van der Waals surface area contributed by atoms with Gasteiger partial charge in [0.25, 0.3) is 0 Å². The van der Waals surface area contributed by atoms with Gasteiger partial charge in [-0.05, 0) is 0 Å². The highest BCUT2D eigenvalue weighted by molar-refractivity contribution is 6.26. The van der Waals surface area contributed by atoms with Gasteiger partial charge in [-0.2, -0.15) is 5.84 Å². The lowest BCUT2D eigenvalue weighted by Crippen LogP contribution is -2.89. The quantitative estimate of drug-likeness (QED) is 0.283. The molecule has 0 aliphatic rings. The minimum atomic E-state index is -2.07. The van der Waals surface area contributed by atoms with Crippen molar-refractivity contribution in [1.82, 2.24) is 0 Å². The molecule has 1 aromatic carbocycles. The Balaban J connectivity index is 0.000000288. The van der Waals surface area contributed by atoms with Crippen LogP contribution in [0.3, 0.4) is 0 Å². The standard InChI is InChI=1S/C7H10N2.C2H2O4/c8-9-6-7-4-2-1-3-5-7;3-1(4)2(5)6/h1-5,9H,6,8H2;(H,3,4)(H,5,6). The Bertz CT molecular complexity index is 301. The normalized spacial score (nSPS) is 8.60. The highest BCUT2D eigenvalue weighted by atomic mass is 16.4. The predicted octanol–water partition coefficient (Wildman–Crippen LogP) is -2.56. The summed E-state index contributed by atoms with van der Waals surface area (Å²) in [5, 5.41) is 16.3. The van der Waals surface area contributed by atoms with Crippen LogP contribution in [0.25, 0.3) is 0 Å². The summed E-state index contributed by atoms with van der Waals surface area (Å²) in [5.41, 5.74) is 2.93. The lowest BCUT2D eigenvalue weighted by Gasteiger charge is -1.92. The Morgan fingerprint density at radius 3 is 2.13 bits per heavy atom. The molecule has 0 amide bonds. The molecular weight excluding hydrogens is 200 g/mol. The lowest BCUT2D eigenvalue weighted by molar-refractivity contribution is -0.683. The van der Waals surface area contributed by atoms with Gasteiger partial charge in [0.2, 0.25) is 0 Å². The van der Waals surface area contributed by atoms with Crippen LogP contribution in [0.2, 0.25) is 0 Å². The van der Waals surface area contributed by atoms with Crippen LogP contribution in [-0.4, -0.2) is 17.0 Å². The Morgan fingerprint density at radius 1 is 1.33 bits per heavy atom. The first-order chi connectivity index (χ1) is 7.07. The van der Waals surface area contributed by atoms with Crippen LogP contribution in [0.5, 0.6) is 0 Å². The van der Waals surface area contributed by atoms with Crippen molar-refractivity contribution < 1.29 is 25.2 Å². The van der Waals surface area contributed by atoms with Crippen LogP contribution in [0.1, 0.15) is 5.56 Å². The van der Waals surface area contributed by atoms with Gasteiger partial charge in [-0.3, -0.25) is 5.43 Å². The molecule has 0 heterocycles. The number of nitrogens with two attached hydrogens (primary N) is 2. The number of hydrogen-bond donors (Lipinski definition) is 3. The van der Waals surface area contributed by atoms with Crippen molar-refractivity contribution in [3.63, 3.8) is 0 Å². The number of benzene rings is 1. The SMILES string of the molecule is N[NH2+]Cc1ccccc1.O=C([O-])C(=O)O. The van der Waals surface area contributed by atoms with Crippen LogP contribution < -0.4 is 16.4 Å². The molecule has 0 aromatic heterocycles. The number of carboxylic acids is 2. The topological polar surface area (TPSA) is 120 Å². The molecule has 6 nitrogen and oxygen atoms in total. The highest BCUT2D eigenvalue weighted by Gasteiger charge is 1.90. The van der Waals surface area contributed by atoms with E-state index in [0.29, 0.717) is 0 Å². The van der Waals surface area contributed by atoms with E-state index in [1.54, 1.807) is 5.43 Å². The number of hydrogen-bond acceptors (Lipinski definition) is 4. The van der Waals surface area contributed by atoms with E-state index in [9.17, 15) is 0 Å². The first kappa shape index (κ1) is 13.1. The molecule has 0 bridgehead atoms. The highest BCUT2D eigenvalue weighted by Crippen LogP contribution is 1.93. The van der Waals surface area contributed by atoms with E-state index in [4.69, 9.17) is 25.6 Å². The zero-order valence-electron chi connectivity index (χ0n) is 7.92. The second-order valence-corrected chi connectivity index (χ2v) is 2.52. The fourth-order valence-corrected chi connectivity index (χ4v) is 0.750. The largest absolute Gasteiger partial charge is 0.539 e. The molecule has 6 heteroatoms. The van der Waals surface area contributed by atoms with Crippen LogP contribution in [0.15, 0.2) is 30.3 Å². The molecule has 0 atom stereocenters. The van der Waals surface area contributed by atoms with Gasteiger partial charge >= 0.3 is 5.97 Å². The average molecular weight is 212 g/mol. The summed E-state index contributed by atoms with van der Waals surface area (Å²) in [6, 6.07) is 10.1. The minimum absolute atomic E-state index is 0.862. The Hall–Kier alpha value is -1.92. The molecule has 5 N–H and O–H groups in total. The molecule has 82 valence electrons. The van der Waals surface area contributed by atoms with Crippen LogP contribution in [0.4, 0.5) is 0 Å². The van der Waals surface area contributed by atoms with Crippen molar-refractivity contribution >= 4 is 11.9 Å². The molecule has 1 aromatic rings. The third-order valence-electron chi connectivity index (χ3n) is 1.37.